The average molecular weight is 423 g/mol. The highest BCUT2D eigenvalue weighted by Gasteiger charge is 2.30. The minimum Gasteiger partial charge on any atom is -0.453 e. The number of anilines is 1. The van der Waals surface area contributed by atoms with Gasteiger partial charge in [0.15, 0.2) is 11.6 Å². The van der Waals surface area contributed by atoms with Crippen molar-refractivity contribution in [3.8, 4) is 11.5 Å². The van der Waals surface area contributed by atoms with E-state index >= 15 is 0 Å². The zero-order valence-corrected chi connectivity index (χ0v) is 16.6. The number of pyridine rings is 1. The minimum atomic E-state index is -4.42. The van der Waals surface area contributed by atoms with Gasteiger partial charge in [-0.15, -0.1) is 0 Å². The van der Waals surface area contributed by atoms with E-state index in [1.165, 1.54) is 18.2 Å². The fraction of sp³-hybridized carbons (Fsp3) is 0.429. The Morgan fingerprint density at radius 1 is 1.17 bits per heavy atom. The molecule has 9 heteroatoms. The SMILES string of the molecule is C[C@H](CO)NC(=O)c1ccc(Oc2ccc(C(F)(F)F)cc2)c(N2CCCCC2)n1. The van der Waals surface area contributed by atoms with E-state index in [2.05, 4.69) is 10.3 Å². The first-order chi connectivity index (χ1) is 14.3. The van der Waals surface area contributed by atoms with Gasteiger partial charge in [-0.05, 0) is 62.6 Å². The Hall–Kier alpha value is -2.81. The number of hydrogen-bond acceptors (Lipinski definition) is 5. The van der Waals surface area contributed by atoms with Gasteiger partial charge in [0.05, 0.1) is 12.2 Å². The molecule has 2 N–H and O–H groups in total. The van der Waals surface area contributed by atoms with Crippen LogP contribution in [0, 0.1) is 0 Å². The summed E-state index contributed by atoms with van der Waals surface area (Å²) in [6.07, 6.45) is -1.38. The molecule has 30 heavy (non-hydrogen) atoms. The van der Waals surface area contributed by atoms with Crippen LogP contribution in [-0.2, 0) is 6.18 Å². The first-order valence-corrected chi connectivity index (χ1v) is 9.81. The number of carbonyl (C=O) groups excluding carboxylic acids is 1. The number of aliphatic hydroxyl groups is 1. The molecule has 2 aromatic rings. The Kier molecular flexibility index (Phi) is 6.81. The maximum Gasteiger partial charge on any atom is 0.416 e. The summed E-state index contributed by atoms with van der Waals surface area (Å²) >= 11 is 0. The van der Waals surface area contributed by atoms with E-state index in [0.717, 1.165) is 44.5 Å². The fourth-order valence-electron chi connectivity index (χ4n) is 3.16. The highest BCUT2D eigenvalue weighted by atomic mass is 19.4. The number of aliphatic hydroxyl groups excluding tert-OH is 1. The van der Waals surface area contributed by atoms with Crippen molar-refractivity contribution in [2.75, 3.05) is 24.6 Å². The topological polar surface area (TPSA) is 74.7 Å². The van der Waals surface area contributed by atoms with Crippen LogP contribution < -0.4 is 15.0 Å². The predicted octanol–water partition coefficient (Wildman–Crippen LogP) is 3.99. The first kappa shape index (κ1) is 21.9. The predicted molar refractivity (Wildman–Crippen MR) is 106 cm³/mol. The molecule has 1 saturated heterocycles. The van der Waals surface area contributed by atoms with Crippen molar-refractivity contribution in [3.05, 3.63) is 47.7 Å². The van der Waals surface area contributed by atoms with Crippen LogP contribution in [0.5, 0.6) is 11.5 Å². The van der Waals surface area contributed by atoms with Gasteiger partial charge in [-0.3, -0.25) is 4.79 Å². The van der Waals surface area contributed by atoms with E-state index in [1.807, 2.05) is 4.90 Å². The molecule has 1 fully saturated rings. The maximum atomic E-state index is 12.8. The molecule has 0 spiro atoms. The molecular formula is C21H24F3N3O3. The number of nitrogens with zero attached hydrogens (tertiary/aromatic N) is 2. The van der Waals surface area contributed by atoms with Gasteiger partial charge in [0.2, 0.25) is 0 Å². The number of rotatable bonds is 6. The third-order valence-corrected chi connectivity index (χ3v) is 4.79. The molecule has 1 aromatic heterocycles. The molecule has 1 aliphatic rings. The van der Waals surface area contributed by atoms with Crippen LogP contribution in [0.25, 0.3) is 0 Å². The Bertz CT molecular complexity index is 866. The van der Waals surface area contributed by atoms with Crippen molar-refractivity contribution < 1.29 is 27.8 Å². The number of nitrogens with one attached hydrogen (secondary N) is 1. The smallest absolute Gasteiger partial charge is 0.416 e. The van der Waals surface area contributed by atoms with E-state index in [4.69, 9.17) is 9.84 Å². The lowest BCUT2D eigenvalue weighted by molar-refractivity contribution is -0.137. The van der Waals surface area contributed by atoms with Crippen molar-refractivity contribution in [3.63, 3.8) is 0 Å². The fourth-order valence-corrected chi connectivity index (χ4v) is 3.16. The molecule has 3 rings (SSSR count). The lowest BCUT2D eigenvalue weighted by Gasteiger charge is -2.29. The summed E-state index contributed by atoms with van der Waals surface area (Å²) in [5, 5.41) is 11.8. The van der Waals surface area contributed by atoms with Crippen molar-refractivity contribution in [2.45, 2.75) is 38.4 Å². The van der Waals surface area contributed by atoms with Crippen LogP contribution in [0.4, 0.5) is 19.0 Å². The number of aromatic nitrogens is 1. The lowest BCUT2D eigenvalue weighted by atomic mass is 10.1. The Labute approximate surface area is 172 Å². The average Bonchev–Trinajstić information content (AvgIpc) is 2.74. The minimum absolute atomic E-state index is 0.177. The van der Waals surface area contributed by atoms with E-state index in [1.54, 1.807) is 13.0 Å². The van der Waals surface area contributed by atoms with Gasteiger partial charge in [0.25, 0.3) is 5.91 Å². The van der Waals surface area contributed by atoms with Gasteiger partial charge >= 0.3 is 6.18 Å². The Morgan fingerprint density at radius 3 is 2.43 bits per heavy atom. The molecule has 1 amide bonds. The summed E-state index contributed by atoms with van der Waals surface area (Å²) < 4.78 is 44.2. The van der Waals surface area contributed by atoms with Crippen LogP contribution in [-0.4, -0.2) is 41.7 Å². The molecule has 6 nitrogen and oxygen atoms in total. The molecule has 1 aromatic carbocycles. The second kappa shape index (κ2) is 9.34. The summed E-state index contributed by atoms with van der Waals surface area (Å²) in [4.78, 5) is 18.9. The zero-order chi connectivity index (χ0) is 21.7. The van der Waals surface area contributed by atoms with Gasteiger partial charge in [-0.25, -0.2) is 4.98 Å². The highest BCUT2D eigenvalue weighted by Crippen LogP contribution is 2.35. The van der Waals surface area contributed by atoms with Crippen molar-refractivity contribution in [1.82, 2.24) is 10.3 Å². The quantitative estimate of drug-likeness (QED) is 0.735. The van der Waals surface area contributed by atoms with Crippen molar-refractivity contribution >= 4 is 11.7 Å². The molecule has 0 saturated carbocycles. The number of hydrogen-bond donors (Lipinski definition) is 2. The maximum absolute atomic E-state index is 12.8. The Balaban J connectivity index is 1.87. The number of halogens is 3. The molecule has 0 aliphatic carbocycles. The molecule has 0 radical (unpaired) electrons. The first-order valence-electron chi connectivity index (χ1n) is 9.81. The normalized spacial score (nSPS) is 15.6. The third-order valence-electron chi connectivity index (χ3n) is 4.79. The second-order valence-corrected chi connectivity index (χ2v) is 7.25. The number of alkyl halides is 3. The number of benzene rings is 1. The molecule has 0 unspecified atom stereocenters. The summed E-state index contributed by atoms with van der Waals surface area (Å²) in [5.74, 6) is 0.660. The third kappa shape index (κ3) is 5.41. The van der Waals surface area contributed by atoms with Crippen LogP contribution in [0.3, 0.4) is 0 Å². The summed E-state index contributed by atoms with van der Waals surface area (Å²) in [6, 6.07) is 7.10. The van der Waals surface area contributed by atoms with E-state index in [-0.39, 0.29) is 18.1 Å². The van der Waals surface area contributed by atoms with Gasteiger partial charge in [-0.1, -0.05) is 0 Å². The van der Waals surface area contributed by atoms with Gasteiger partial charge in [0, 0.05) is 19.1 Å². The van der Waals surface area contributed by atoms with Gasteiger partial charge in [0.1, 0.15) is 11.4 Å². The van der Waals surface area contributed by atoms with Crippen molar-refractivity contribution in [1.29, 1.82) is 0 Å². The molecule has 2 heterocycles. The van der Waals surface area contributed by atoms with E-state index < -0.39 is 23.7 Å². The molecule has 162 valence electrons. The highest BCUT2D eigenvalue weighted by molar-refractivity contribution is 5.93. The van der Waals surface area contributed by atoms with Crippen LogP contribution in [0.15, 0.2) is 36.4 Å². The van der Waals surface area contributed by atoms with Crippen LogP contribution >= 0.6 is 0 Å². The number of amides is 1. The number of carbonyl (C=O) groups is 1. The zero-order valence-electron chi connectivity index (χ0n) is 16.6. The summed E-state index contributed by atoms with van der Waals surface area (Å²) in [7, 11) is 0. The number of ether oxygens (including phenoxy) is 1. The van der Waals surface area contributed by atoms with Crippen LogP contribution in [0.2, 0.25) is 0 Å². The molecular weight excluding hydrogens is 399 g/mol. The molecule has 1 atom stereocenters. The second-order valence-electron chi connectivity index (χ2n) is 7.25. The van der Waals surface area contributed by atoms with Gasteiger partial charge < -0.3 is 20.1 Å². The van der Waals surface area contributed by atoms with E-state index in [0.29, 0.717) is 11.6 Å². The van der Waals surface area contributed by atoms with E-state index in [9.17, 15) is 18.0 Å². The molecule has 1 aliphatic heterocycles. The van der Waals surface area contributed by atoms with Crippen LogP contribution in [0.1, 0.15) is 42.2 Å². The largest absolute Gasteiger partial charge is 0.453 e. The monoisotopic (exact) mass is 423 g/mol. The molecule has 0 bridgehead atoms. The lowest BCUT2D eigenvalue weighted by Crippen LogP contribution is -2.36. The Morgan fingerprint density at radius 2 is 1.83 bits per heavy atom. The van der Waals surface area contributed by atoms with Gasteiger partial charge in [-0.2, -0.15) is 13.2 Å². The summed E-state index contributed by atoms with van der Waals surface area (Å²) in [6.45, 7) is 2.97. The summed E-state index contributed by atoms with van der Waals surface area (Å²) in [5.41, 5.74) is -0.579. The standard InChI is InChI=1S/C21H24F3N3O3/c1-14(13-28)25-20(29)17-9-10-18(19(26-17)27-11-3-2-4-12-27)30-16-7-5-15(6-8-16)21(22,23)24/h5-10,14,28H,2-4,11-13H2,1H3,(H,25,29)/t14-/m1/s1. The number of piperidine rings is 1. The van der Waals surface area contributed by atoms with Crippen molar-refractivity contribution in [2.24, 2.45) is 0 Å².